The van der Waals surface area contributed by atoms with Gasteiger partial charge >= 0.3 is 0 Å². The fourth-order valence-corrected chi connectivity index (χ4v) is 1.88. The lowest BCUT2D eigenvalue weighted by Crippen LogP contribution is -2.04. The van der Waals surface area contributed by atoms with Crippen molar-refractivity contribution in [3.63, 3.8) is 0 Å². The number of anilines is 2. The number of nitrogen functional groups attached to an aromatic ring is 2. The summed E-state index contributed by atoms with van der Waals surface area (Å²) in [5.74, 6) is 1.33. The monoisotopic (exact) mass is 207 g/mol. The van der Waals surface area contributed by atoms with E-state index in [1.807, 2.05) is 5.38 Å². The number of nitrogens with two attached hydrogens (primary N) is 2. The molecular formula is C8H9N5S. The predicted octanol–water partition coefficient (Wildman–Crippen LogP) is 1.07. The molecule has 0 amide bonds. The van der Waals surface area contributed by atoms with Crippen LogP contribution in [0.1, 0.15) is 5.82 Å². The van der Waals surface area contributed by atoms with E-state index in [2.05, 4.69) is 15.0 Å². The van der Waals surface area contributed by atoms with E-state index in [1.54, 1.807) is 13.1 Å². The minimum atomic E-state index is 0.380. The molecule has 0 bridgehead atoms. The van der Waals surface area contributed by atoms with Gasteiger partial charge in [0, 0.05) is 11.6 Å². The van der Waals surface area contributed by atoms with Crippen LogP contribution in [0.2, 0.25) is 0 Å². The van der Waals surface area contributed by atoms with Gasteiger partial charge < -0.3 is 11.5 Å². The predicted molar refractivity (Wildman–Crippen MR) is 56.7 cm³/mol. The topological polar surface area (TPSA) is 90.7 Å². The maximum Gasteiger partial charge on any atom is 0.139 e. The van der Waals surface area contributed by atoms with Crippen molar-refractivity contribution >= 4 is 23.0 Å². The lowest BCUT2D eigenvalue weighted by Gasteiger charge is -2.05. The Balaban J connectivity index is 2.64. The Labute approximate surface area is 84.8 Å². The average Bonchev–Trinajstić information content (AvgIpc) is 2.54. The molecule has 6 heteroatoms. The molecule has 0 atom stereocenters. The Bertz CT molecular complexity index is 428. The fraction of sp³-hybridized carbons (Fsp3) is 0.125. The van der Waals surface area contributed by atoms with E-state index in [1.165, 1.54) is 11.3 Å². The molecule has 0 aliphatic heterocycles. The van der Waals surface area contributed by atoms with Gasteiger partial charge in [-0.25, -0.2) is 15.0 Å². The van der Waals surface area contributed by atoms with Gasteiger partial charge in [0.15, 0.2) is 0 Å². The molecule has 0 unspecified atom stereocenters. The van der Waals surface area contributed by atoms with Gasteiger partial charge in [0.1, 0.15) is 22.5 Å². The highest BCUT2D eigenvalue weighted by atomic mass is 32.1. The molecule has 2 aromatic rings. The summed E-state index contributed by atoms with van der Waals surface area (Å²) in [6.45, 7) is 1.75. The number of hydrogen-bond acceptors (Lipinski definition) is 6. The minimum absolute atomic E-state index is 0.380. The third-order valence-electron chi connectivity index (χ3n) is 1.72. The van der Waals surface area contributed by atoms with Gasteiger partial charge in [-0.15, -0.1) is 11.3 Å². The first kappa shape index (κ1) is 8.89. The van der Waals surface area contributed by atoms with Crippen LogP contribution in [0.3, 0.4) is 0 Å². The Kier molecular flexibility index (Phi) is 2.05. The normalized spacial score (nSPS) is 10.4. The molecule has 0 radical (unpaired) electrons. The molecule has 0 saturated heterocycles. The second kappa shape index (κ2) is 3.22. The summed E-state index contributed by atoms with van der Waals surface area (Å²) in [4.78, 5) is 12.2. The van der Waals surface area contributed by atoms with Crippen LogP contribution in [0, 0.1) is 6.92 Å². The van der Waals surface area contributed by atoms with Crippen molar-refractivity contribution in [1.29, 1.82) is 0 Å². The van der Waals surface area contributed by atoms with Crippen LogP contribution in [0.4, 0.5) is 11.6 Å². The number of aryl methyl sites for hydroxylation is 1. The van der Waals surface area contributed by atoms with E-state index in [9.17, 15) is 0 Å². The maximum absolute atomic E-state index is 5.75. The van der Waals surface area contributed by atoms with Crippen LogP contribution in [0.25, 0.3) is 10.6 Å². The number of aromatic nitrogens is 3. The third-order valence-corrected chi connectivity index (χ3v) is 2.51. The molecule has 0 fully saturated rings. The Morgan fingerprint density at radius 2 is 1.86 bits per heavy atom. The Morgan fingerprint density at radius 3 is 2.36 bits per heavy atom. The van der Waals surface area contributed by atoms with Crippen LogP contribution in [-0.2, 0) is 0 Å². The zero-order chi connectivity index (χ0) is 10.1. The van der Waals surface area contributed by atoms with Gasteiger partial charge in [-0.2, -0.15) is 0 Å². The van der Waals surface area contributed by atoms with Gasteiger partial charge in [-0.1, -0.05) is 0 Å². The van der Waals surface area contributed by atoms with E-state index < -0.39 is 0 Å². The molecule has 5 nitrogen and oxygen atoms in total. The van der Waals surface area contributed by atoms with E-state index >= 15 is 0 Å². The van der Waals surface area contributed by atoms with Crippen molar-refractivity contribution in [3.05, 3.63) is 17.4 Å². The molecule has 0 aromatic carbocycles. The highest BCUT2D eigenvalue weighted by Gasteiger charge is 2.12. The Hall–Kier alpha value is -1.69. The highest BCUT2D eigenvalue weighted by molar-refractivity contribution is 7.13. The van der Waals surface area contributed by atoms with Crippen molar-refractivity contribution in [1.82, 2.24) is 15.0 Å². The lowest BCUT2D eigenvalue weighted by atomic mass is 10.3. The summed E-state index contributed by atoms with van der Waals surface area (Å²) in [5.41, 5.74) is 12.1. The maximum atomic E-state index is 5.75. The zero-order valence-electron chi connectivity index (χ0n) is 7.56. The standard InChI is InChI=1S/C8H9N5S/c1-4-12-6(9)5(7(10)13-4)8-11-2-3-14-8/h2-3H,1H3,(H4,9,10,12,13). The van der Waals surface area contributed by atoms with Gasteiger partial charge in [0.25, 0.3) is 0 Å². The summed E-state index contributed by atoms with van der Waals surface area (Å²) in [5, 5.41) is 2.61. The first-order valence-electron chi connectivity index (χ1n) is 3.98. The van der Waals surface area contributed by atoms with Crippen LogP contribution in [0.5, 0.6) is 0 Å². The van der Waals surface area contributed by atoms with E-state index in [-0.39, 0.29) is 0 Å². The molecule has 2 aromatic heterocycles. The van der Waals surface area contributed by atoms with Crippen molar-refractivity contribution in [2.75, 3.05) is 11.5 Å². The molecule has 2 heterocycles. The molecule has 0 aliphatic carbocycles. The highest BCUT2D eigenvalue weighted by Crippen LogP contribution is 2.30. The Morgan fingerprint density at radius 1 is 1.21 bits per heavy atom. The average molecular weight is 207 g/mol. The van der Waals surface area contributed by atoms with E-state index in [4.69, 9.17) is 11.5 Å². The van der Waals surface area contributed by atoms with Crippen molar-refractivity contribution in [3.8, 4) is 10.6 Å². The zero-order valence-corrected chi connectivity index (χ0v) is 8.38. The number of nitrogens with zero attached hydrogens (tertiary/aromatic N) is 3. The minimum Gasteiger partial charge on any atom is -0.383 e. The van der Waals surface area contributed by atoms with Gasteiger partial charge in [0.2, 0.25) is 0 Å². The third kappa shape index (κ3) is 1.39. The summed E-state index contributed by atoms with van der Waals surface area (Å²) in [7, 11) is 0. The summed E-state index contributed by atoms with van der Waals surface area (Å²) in [6.07, 6.45) is 1.69. The van der Waals surface area contributed by atoms with Crippen LogP contribution in [0.15, 0.2) is 11.6 Å². The molecule has 2 rings (SSSR count). The number of hydrogen-bond donors (Lipinski definition) is 2. The summed E-state index contributed by atoms with van der Waals surface area (Å²) in [6, 6.07) is 0. The smallest absolute Gasteiger partial charge is 0.139 e. The van der Waals surface area contributed by atoms with Crippen molar-refractivity contribution in [2.24, 2.45) is 0 Å². The molecule has 0 aliphatic rings. The molecular weight excluding hydrogens is 198 g/mol. The van der Waals surface area contributed by atoms with Crippen molar-refractivity contribution < 1.29 is 0 Å². The van der Waals surface area contributed by atoms with Gasteiger partial charge in [-0.3, -0.25) is 0 Å². The lowest BCUT2D eigenvalue weighted by molar-refractivity contribution is 1.07. The molecule has 72 valence electrons. The second-order valence-corrected chi connectivity index (χ2v) is 3.65. The summed E-state index contributed by atoms with van der Waals surface area (Å²) < 4.78 is 0. The molecule has 4 N–H and O–H groups in total. The molecule has 14 heavy (non-hydrogen) atoms. The van der Waals surface area contributed by atoms with Crippen LogP contribution in [-0.4, -0.2) is 15.0 Å². The number of thiazole rings is 1. The molecule has 0 saturated carbocycles. The quantitative estimate of drug-likeness (QED) is 0.730. The first-order chi connectivity index (χ1) is 6.68. The number of rotatable bonds is 1. The van der Waals surface area contributed by atoms with E-state index in [0.29, 0.717) is 23.0 Å². The first-order valence-corrected chi connectivity index (χ1v) is 4.86. The fourth-order valence-electron chi connectivity index (χ4n) is 1.18. The van der Waals surface area contributed by atoms with Crippen molar-refractivity contribution in [2.45, 2.75) is 6.92 Å². The molecule has 0 spiro atoms. The largest absolute Gasteiger partial charge is 0.383 e. The van der Waals surface area contributed by atoms with E-state index in [0.717, 1.165) is 5.01 Å². The van der Waals surface area contributed by atoms with Crippen LogP contribution >= 0.6 is 11.3 Å². The van der Waals surface area contributed by atoms with Crippen LogP contribution < -0.4 is 11.5 Å². The SMILES string of the molecule is Cc1nc(N)c(-c2nccs2)c(N)n1. The summed E-state index contributed by atoms with van der Waals surface area (Å²) >= 11 is 1.46. The van der Waals surface area contributed by atoms with Gasteiger partial charge in [0.05, 0.1) is 5.56 Å². The second-order valence-electron chi connectivity index (χ2n) is 2.75. The van der Waals surface area contributed by atoms with Gasteiger partial charge in [-0.05, 0) is 6.92 Å².